The molecule has 0 bridgehead atoms. The summed E-state index contributed by atoms with van der Waals surface area (Å²) in [5, 5.41) is -0.0643. The lowest BCUT2D eigenvalue weighted by atomic mass is 10.1. The maximum absolute atomic E-state index is 13.5. The first kappa shape index (κ1) is 14.9. The molecule has 0 amide bonds. The van der Waals surface area contributed by atoms with E-state index < -0.39 is 23.9 Å². The van der Waals surface area contributed by atoms with Crippen LogP contribution in [-0.2, 0) is 21.3 Å². The highest BCUT2D eigenvalue weighted by Crippen LogP contribution is 2.27. The summed E-state index contributed by atoms with van der Waals surface area (Å²) in [4.78, 5) is 14.7. The second-order valence-electron chi connectivity index (χ2n) is 3.39. The Morgan fingerprint density at radius 2 is 2.22 bits per heavy atom. The van der Waals surface area contributed by atoms with Gasteiger partial charge in [0.05, 0.1) is 18.7 Å². The van der Waals surface area contributed by atoms with Crippen molar-refractivity contribution < 1.29 is 22.7 Å². The van der Waals surface area contributed by atoms with Gasteiger partial charge in [0, 0.05) is 16.5 Å². The zero-order valence-electron chi connectivity index (χ0n) is 9.55. The Morgan fingerprint density at radius 1 is 1.56 bits per heavy atom. The summed E-state index contributed by atoms with van der Waals surface area (Å²) in [6, 6.07) is 1.03. The Hall–Kier alpha value is -1.11. The third-order valence-corrected chi connectivity index (χ3v) is 2.72. The van der Waals surface area contributed by atoms with Crippen LogP contribution in [0.2, 0.25) is 0 Å². The Labute approximate surface area is 110 Å². The molecule has 0 saturated carbocycles. The van der Waals surface area contributed by atoms with E-state index in [-0.39, 0.29) is 29.6 Å². The molecule has 0 N–H and O–H groups in total. The Kier molecular flexibility index (Phi) is 5.58. The molecule has 0 aliphatic rings. The second kappa shape index (κ2) is 6.72. The van der Waals surface area contributed by atoms with Gasteiger partial charge < -0.3 is 4.74 Å². The number of alkyl halides is 3. The van der Waals surface area contributed by atoms with Crippen LogP contribution >= 0.6 is 15.9 Å². The van der Waals surface area contributed by atoms with Gasteiger partial charge in [0.2, 0.25) is 5.95 Å². The van der Waals surface area contributed by atoms with E-state index in [1.54, 1.807) is 6.92 Å². The smallest absolute Gasteiger partial charge is 0.311 e. The third kappa shape index (κ3) is 3.69. The maximum atomic E-state index is 13.5. The van der Waals surface area contributed by atoms with Crippen LogP contribution in [-0.4, -0.2) is 17.6 Å². The zero-order valence-corrected chi connectivity index (χ0v) is 11.1. The Bertz CT molecular complexity index is 441. The van der Waals surface area contributed by atoms with Crippen LogP contribution in [0.1, 0.15) is 30.2 Å². The maximum Gasteiger partial charge on any atom is 0.311 e. The molecule has 0 aromatic carbocycles. The van der Waals surface area contributed by atoms with Gasteiger partial charge in [-0.25, -0.2) is 13.8 Å². The van der Waals surface area contributed by atoms with E-state index in [1.165, 1.54) is 0 Å². The second-order valence-corrected chi connectivity index (χ2v) is 3.95. The van der Waals surface area contributed by atoms with E-state index in [4.69, 9.17) is 0 Å². The SMILES string of the molecule is CCOC(=O)Cc1cc(C(F)F)c(CBr)c(F)n1. The number of esters is 1. The van der Waals surface area contributed by atoms with Gasteiger partial charge in [0.1, 0.15) is 0 Å². The van der Waals surface area contributed by atoms with Gasteiger partial charge in [-0.3, -0.25) is 4.79 Å². The number of halogens is 4. The monoisotopic (exact) mass is 325 g/mol. The van der Waals surface area contributed by atoms with Gasteiger partial charge >= 0.3 is 5.97 Å². The van der Waals surface area contributed by atoms with Crippen LogP contribution in [0.3, 0.4) is 0 Å². The number of carbonyl (C=O) groups is 1. The standard InChI is InChI=1S/C11H11BrF3NO2/c1-2-18-9(17)4-6-3-7(10(13)14)8(5-12)11(15)16-6/h3,10H,2,4-5H2,1H3. The molecular formula is C11H11BrF3NO2. The predicted octanol–water partition coefficient (Wildman–Crippen LogP) is 3.16. The molecule has 0 fully saturated rings. The van der Waals surface area contributed by atoms with Gasteiger partial charge in [-0.1, -0.05) is 15.9 Å². The van der Waals surface area contributed by atoms with E-state index in [0.29, 0.717) is 0 Å². The van der Waals surface area contributed by atoms with E-state index in [0.717, 1.165) is 6.07 Å². The van der Waals surface area contributed by atoms with Gasteiger partial charge in [-0.05, 0) is 13.0 Å². The van der Waals surface area contributed by atoms with Gasteiger partial charge in [-0.2, -0.15) is 4.39 Å². The number of carbonyl (C=O) groups excluding carboxylic acids is 1. The van der Waals surface area contributed by atoms with Crippen molar-refractivity contribution >= 4 is 21.9 Å². The molecule has 0 unspecified atom stereocenters. The summed E-state index contributed by atoms with van der Waals surface area (Å²) < 4.78 is 43.6. The average molecular weight is 326 g/mol. The Morgan fingerprint density at radius 3 is 2.72 bits per heavy atom. The van der Waals surface area contributed by atoms with E-state index in [9.17, 15) is 18.0 Å². The molecule has 0 radical (unpaired) electrons. The van der Waals surface area contributed by atoms with Gasteiger partial charge in [0.25, 0.3) is 6.43 Å². The van der Waals surface area contributed by atoms with Crippen LogP contribution in [0, 0.1) is 5.95 Å². The molecule has 0 atom stereocenters. The highest BCUT2D eigenvalue weighted by atomic mass is 79.9. The minimum Gasteiger partial charge on any atom is -0.466 e. The molecule has 0 aliphatic carbocycles. The van der Waals surface area contributed by atoms with Crippen molar-refractivity contribution in [1.29, 1.82) is 0 Å². The largest absolute Gasteiger partial charge is 0.466 e. The normalized spacial score (nSPS) is 10.8. The number of hydrogen-bond acceptors (Lipinski definition) is 3. The highest BCUT2D eigenvalue weighted by Gasteiger charge is 2.19. The van der Waals surface area contributed by atoms with Crippen molar-refractivity contribution in [2.75, 3.05) is 6.61 Å². The molecule has 1 aromatic rings. The van der Waals surface area contributed by atoms with Crippen molar-refractivity contribution in [3.8, 4) is 0 Å². The van der Waals surface area contributed by atoms with Crippen molar-refractivity contribution in [2.45, 2.75) is 25.1 Å². The number of nitrogens with zero attached hydrogens (tertiary/aromatic N) is 1. The first-order valence-corrected chi connectivity index (χ1v) is 6.29. The summed E-state index contributed by atoms with van der Waals surface area (Å²) in [5.41, 5.74) is -0.720. The van der Waals surface area contributed by atoms with Crippen molar-refractivity contribution in [1.82, 2.24) is 4.98 Å². The molecule has 3 nitrogen and oxygen atoms in total. The number of hydrogen-bond donors (Lipinski definition) is 0. The minimum atomic E-state index is -2.82. The summed E-state index contributed by atoms with van der Waals surface area (Å²) in [6.07, 6.45) is -3.15. The van der Waals surface area contributed by atoms with Crippen LogP contribution in [0.15, 0.2) is 6.07 Å². The lowest BCUT2D eigenvalue weighted by molar-refractivity contribution is -0.142. The fourth-order valence-corrected chi connectivity index (χ4v) is 1.94. The number of rotatable bonds is 5. The lowest BCUT2D eigenvalue weighted by Crippen LogP contribution is -2.11. The molecule has 1 heterocycles. The molecule has 0 spiro atoms. The third-order valence-electron chi connectivity index (χ3n) is 2.16. The molecule has 100 valence electrons. The molecular weight excluding hydrogens is 315 g/mol. The first-order chi connectivity index (χ1) is 8.49. The van der Waals surface area contributed by atoms with Crippen LogP contribution in [0.5, 0.6) is 0 Å². The first-order valence-electron chi connectivity index (χ1n) is 5.17. The summed E-state index contributed by atoms with van der Waals surface area (Å²) >= 11 is 2.92. The van der Waals surface area contributed by atoms with Crippen molar-refractivity contribution in [2.24, 2.45) is 0 Å². The van der Waals surface area contributed by atoms with E-state index in [2.05, 4.69) is 25.7 Å². The molecule has 0 saturated heterocycles. The number of aromatic nitrogens is 1. The zero-order chi connectivity index (χ0) is 13.7. The van der Waals surface area contributed by atoms with E-state index >= 15 is 0 Å². The van der Waals surface area contributed by atoms with Crippen LogP contribution < -0.4 is 0 Å². The van der Waals surface area contributed by atoms with Crippen LogP contribution in [0.4, 0.5) is 13.2 Å². The summed E-state index contributed by atoms with van der Waals surface area (Å²) in [6.45, 7) is 1.78. The molecule has 7 heteroatoms. The lowest BCUT2D eigenvalue weighted by Gasteiger charge is -2.09. The summed E-state index contributed by atoms with van der Waals surface area (Å²) in [5.74, 6) is -1.62. The molecule has 18 heavy (non-hydrogen) atoms. The fraction of sp³-hybridized carbons (Fsp3) is 0.455. The van der Waals surface area contributed by atoms with Crippen LogP contribution in [0.25, 0.3) is 0 Å². The molecule has 1 rings (SSSR count). The molecule has 0 aliphatic heterocycles. The highest BCUT2D eigenvalue weighted by molar-refractivity contribution is 9.08. The Balaban J connectivity index is 3.05. The summed E-state index contributed by atoms with van der Waals surface area (Å²) in [7, 11) is 0. The van der Waals surface area contributed by atoms with Gasteiger partial charge in [0.15, 0.2) is 0 Å². The minimum absolute atomic E-state index is 0.0639. The van der Waals surface area contributed by atoms with Crippen molar-refractivity contribution in [3.05, 3.63) is 28.8 Å². The topological polar surface area (TPSA) is 39.2 Å². The fourth-order valence-electron chi connectivity index (χ4n) is 1.39. The van der Waals surface area contributed by atoms with Gasteiger partial charge in [-0.15, -0.1) is 0 Å². The van der Waals surface area contributed by atoms with Crippen molar-refractivity contribution in [3.63, 3.8) is 0 Å². The molecule has 1 aromatic heterocycles. The predicted molar refractivity (Wildman–Crippen MR) is 62.1 cm³/mol. The quantitative estimate of drug-likeness (QED) is 0.474. The number of pyridine rings is 1. The van der Waals surface area contributed by atoms with E-state index in [1.807, 2.05) is 0 Å². The average Bonchev–Trinajstić information content (AvgIpc) is 2.28. The number of ether oxygens (including phenoxy) is 1.